The Hall–Kier alpha value is -3.26. The van der Waals surface area contributed by atoms with Crippen LogP contribution in [0.2, 0.25) is 0 Å². The van der Waals surface area contributed by atoms with Gasteiger partial charge in [-0.15, -0.1) is 10.2 Å². The number of benzene rings is 1. The van der Waals surface area contributed by atoms with Crippen LogP contribution in [0.1, 0.15) is 6.42 Å². The summed E-state index contributed by atoms with van der Waals surface area (Å²) in [6.45, 7) is 0.769. The van der Waals surface area contributed by atoms with Crippen molar-refractivity contribution in [3.63, 3.8) is 0 Å². The van der Waals surface area contributed by atoms with Crippen molar-refractivity contribution in [1.29, 1.82) is 0 Å². The number of piperidine rings is 1. The molecular formula is C22H21FN4O3. The molecule has 0 amide bonds. The van der Waals surface area contributed by atoms with Crippen molar-refractivity contribution in [3.8, 4) is 39.9 Å². The number of nitrogens with one attached hydrogen (secondary N) is 1. The molecule has 154 valence electrons. The van der Waals surface area contributed by atoms with Crippen molar-refractivity contribution in [1.82, 2.24) is 20.5 Å². The van der Waals surface area contributed by atoms with Gasteiger partial charge in [0.25, 0.3) is 0 Å². The summed E-state index contributed by atoms with van der Waals surface area (Å²) in [5.41, 5.74) is 2.75. The average molecular weight is 408 g/mol. The second-order valence-electron chi connectivity index (χ2n) is 7.61. The molecule has 0 spiro atoms. The van der Waals surface area contributed by atoms with Crippen LogP contribution in [-0.4, -0.2) is 52.3 Å². The molecule has 1 aromatic carbocycles. The Morgan fingerprint density at radius 1 is 1.07 bits per heavy atom. The summed E-state index contributed by atoms with van der Waals surface area (Å²) in [7, 11) is 1.56. The molecule has 0 radical (unpaired) electrons. The number of aromatic nitrogens is 3. The standard InChI is InChI=1S/C22H21FN4O3/c1-29-20-10-13(6-7-24-20)12-2-3-15(18(28)9-12)16-4-5-19(27-26-16)30-22-14-8-17(21(22)23)25-11-14/h2-7,9-10,14,17,21-22,25,28H,8,11H2,1H3/t14-,17-,21-,22-/m0/s1. The molecule has 2 fully saturated rings. The van der Waals surface area contributed by atoms with E-state index < -0.39 is 12.3 Å². The molecule has 2 N–H and O–H groups in total. The van der Waals surface area contributed by atoms with Crippen molar-refractivity contribution in [2.45, 2.75) is 24.7 Å². The topological polar surface area (TPSA) is 89.4 Å². The van der Waals surface area contributed by atoms with Crippen molar-refractivity contribution in [2.24, 2.45) is 5.92 Å². The van der Waals surface area contributed by atoms with Gasteiger partial charge in [-0.2, -0.15) is 0 Å². The van der Waals surface area contributed by atoms with Crippen LogP contribution in [0.3, 0.4) is 0 Å². The number of phenolic OH excluding ortho intramolecular Hbond substituents is 1. The Morgan fingerprint density at radius 2 is 1.93 bits per heavy atom. The lowest BCUT2D eigenvalue weighted by Crippen LogP contribution is -2.46. The van der Waals surface area contributed by atoms with Gasteiger partial charge in [-0.05, 0) is 41.8 Å². The molecule has 5 rings (SSSR count). The molecule has 7 nitrogen and oxygen atoms in total. The van der Waals surface area contributed by atoms with E-state index in [0.717, 1.165) is 24.1 Å². The quantitative estimate of drug-likeness (QED) is 0.671. The Labute approximate surface area is 172 Å². The van der Waals surface area contributed by atoms with Gasteiger partial charge in [0.15, 0.2) is 6.17 Å². The second kappa shape index (κ2) is 7.53. The molecule has 30 heavy (non-hydrogen) atoms. The monoisotopic (exact) mass is 408 g/mol. The predicted molar refractivity (Wildman–Crippen MR) is 108 cm³/mol. The first kappa shape index (κ1) is 18.7. The fraction of sp³-hybridized carbons (Fsp3) is 0.318. The maximum Gasteiger partial charge on any atom is 0.233 e. The lowest BCUT2D eigenvalue weighted by Gasteiger charge is -2.26. The van der Waals surface area contributed by atoms with Crippen LogP contribution in [0, 0.1) is 5.92 Å². The summed E-state index contributed by atoms with van der Waals surface area (Å²) in [4.78, 5) is 4.09. The van der Waals surface area contributed by atoms with E-state index >= 15 is 0 Å². The normalized spacial score (nSPS) is 24.7. The van der Waals surface area contributed by atoms with Gasteiger partial charge < -0.3 is 19.9 Å². The second-order valence-corrected chi connectivity index (χ2v) is 7.61. The number of fused-ring (bicyclic) bond motifs is 2. The third kappa shape index (κ3) is 3.33. The van der Waals surface area contributed by atoms with Gasteiger partial charge in [0.05, 0.1) is 12.8 Å². The third-order valence-electron chi connectivity index (χ3n) is 5.81. The van der Waals surface area contributed by atoms with E-state index in [9.17, 15) is 9.50 Å². The number of methoxy groups -OCH3 is 1. The van der Waals surface area contributed by atoms with E-state index in [1.807, 2.05) is 12.1 Å². The molecule has 1 aliphatic heterocycles. The number of hydrogen-bond donors (Lipinski definition) is 2. The SMILES string of the molecule is COc1cc(-c2ccc(-c3ccc(O[C@H]4[C@@H]5CN[C@@H](C5)[C@@H]4F)nn3)c(O)c2)ccn1. The molecule has 3 heterocycles. The number of pyridine rings is 1. The average Bonchev–Trinajstić information content (AvgIpc) is 3.37. The van der Waals surface area contributed by atoms with Crippen LogP contribution < -0.4 is 14.8 Å². The molecule has 1 aliphatic carbocycles. The maximum atomic E-state index is 14.3. The summed E-state index contributed by atoms with van der Waals surface area (Å²) in [5.74, 6) is 1.03. The smallest absolute Gasteiger partial charge is 0.233 e. The Bertz CT molecular complexity index is 1060. The van der Waals surface area contributed by atoms with Crippen LogP contribution >= 0.6 is 0 Å². The fourth-order valence-corrected chi connectivity index (χ4v) is 4.23. The van der Waals surface area contributed by atoms with Crippen LogP contribution in [0.4, 0.5) is 4.39 Å². The minimum atomic E-state index is -1.03. The van der Waals surface area contributed by atoms with Crippen LogP contribution in [0.25, 0.3) is 22.4 Å². The highest BCUT2D eigenvalue weighted by atomic mass is 19.1. The molecule has 2 aromatic heterocycles. The van der Waals surface area contributed by atoms with Gasteiger partial charge >= 0.3 is 0 Å². The van der Waals surface area contributed by atoms with Gasteiger partial charge in [-0.3, -0.25) is 0 Å². The number of aromatic hydroxyl groups is 1. The van der Waals surface area contributed by atoms with E-state index in [2.05, 4.69) is 20.5 Å². The molecule has 3 aromatic rings. The van der Waals surface area contributed by atoms with Crippen molar-refractivity contribution in [3.05, 3.63) is 48.7 Å². The van der Waals surface area contributed by atoms with Crippen LogP contribution in [-0.2, 0) is 0 Å². The number of alkyl halides is 1. The van der Waals surface area contributed by atoms with Crippen molar-refractivity contribution < 1.29 is 19.0 Å². The largest absolute Gasteiger partial charge is 0.507 e. The number of nitrogens with zero attached hydrogens (tertiary/aromatic N) is 3. The Kier molecular flexibility index (Phi) is 4.71. The number of phenols is 1. The van der Waals surface area contributed by atoms with Gasteiger partial charge in [0.2, 0.25) is 11.8 Å². The zero-order valence-corrected chi connectivity index (χ0v) is 16.3. The summed E-state index contributed by atoms with van der Waals surface area (Å²) in [6.07, 6.45) is 0.924. The summed E-state index contributed by atoms with van der Waals surface area (Å²) >= 11 is 0. The van der Waals surface area contributed by atoms with Crippen molar-refractivity contribution >= 4 is 0 Å². The van der Waals surface area contributed by atoms with Gasteiger partial charge in [-0.1, -0.05) is 6.07 Å². The summed E-state index contributed by atoms with van der Waals surface area (Å²) in [5, 5.41) is 21.9. The lowest BCUT2D eigenvalue weighted by molar-refractivity contribution is 0.0615. The molecule has 1 saturated carbocycles. The molecular weight excluding hydrogens is 387 g/mol. The number of hydrogen-bond acceptors (Lipinski definition) is 7. The van der Waals surface area contributed by atoms with E-state index in [1.54, 1.807) is 43.6 Å². The molecule has 0 unspecified atom stereocenters. The number of rotatable bonds is 5. The maximum absolute atomic E-state index is 14.3. The number of halogens is 1. The first-order chi connectivity index (χ1) is 14.6. The number of ether oxygens (including phenoxy) is 2. The van der Waals surface area contributed by atoms with E-state index in [0.29, 0.717) is 23.0 Å². The van der Waals surface area contributed by atoms with Crippen LogP contribution in [0.15, 0.2) is 48.7 Å². The first-order valence-electron chi connectivity index (χ1n) is 9.84. The zero-order valence-electron chi connectivity index (χ0n) is 16.3. The predicted octanol–water partition coefficient (Wildman–Crippen LogP) is 3.00. The molecule has 1 saturated heterocycles. The molecule has 2 aliphatic rings. The third-order valence-corrected chi connectivity index (χ3v) is 5.81. The first-order valence-corrected chi connectivity index (χ1v) is 9.84. The zero-order chi connectivity index (χ0) is 20.7. The fourth-order valence-electron chi connectivity index (χ4n) is 4.23. The highest BCUT2D eigenvalue weighted by molar-refractivity contribution is 5.74. The lowest BCUT2D eigenvalue weighted by atomic mass is 10.0. The van der Waals surface area contributed by atoms with Gasteiger partial charge in [0, 0.05) is 42.4 Å². The van der Waals surface area contributed by atoms with Crippen LogP contribution in [0.5, 0.6) is 17.5 Å². The highest BCUT2D eigenvalue weighted by Gasteiger charge is 2.50. The minimum Gasteiger partial charge on any atom is -0.507 e. The Morgan fingerprint density at radius 3 is 2.63 bits per heavy atom. The Balaban J connectivity index is 1.34. The molecule has 8 heteroatoms. The highest BCUT2D eigenvalue weighted by Crippen LogP contribution is 2.37. The molecule has 2 bridgehead atoms. The van der Waals surface area contributed by atoms with E-state index in [-0.39, 0.29) is 17.7 Å². The summed E-state index contributed by atoms with van der Waals surface area (Å²) in [6, 6.07) is 12.2. The van der Waals surface area contributed by atoms with Gasteiger partial charge in [-0.25, -0.2) is 9.37 Å². The van der Waals surface area contributed by atoms with E-state index in [1.165, 1.54) is 0 Å². The molecule has 4 atom stereocenters. The minimum absolute atomic E-state index is 0.0780. The summed E-state index contributed by atoms with van der Waals surface area (Å²) < 4.78 is 25.2. The van der Waals surface area contributed by atoms with Gasteiger partial charge in [0.1, 0.15) is 11.9 Å². The van der Waals surface area contributed by atoms with E-state index in [4.69, 9.17) is 9.47 Å². The van der Waals surface area contributed by atoms with Crippen molar-refractivity contribution in [2.75, 3.05) is 13.7 Å².